The number of hydrogen-bond donors (Lipinski definition) is 2. The molecule has 5 rings (SSSR count). The molecule has 0 spiro atoms. The van der Waals surface area contributed by atoms with Gasteiger partial charge in [0, 0.05) is 23.8 Å². The zero-order valence-corrected chi connectivity index (χ0v) is 18.8. The zero-order chi connectivity index (χ0) is 21.8. The van der Waals surface area contributed by atoms with Crippen LogP contribution in [0, 0.1) is 0 Å². The fraction of sp³-hybridized carbons (Fsp3) is 0.308. The summed E-state index contributed by atoms with van der Waals surface area (Å²) in [5.74, 6) is 1.64. The highest BCUT2D eigenvalue weighted by Crippen LogP contribution is 2.45. The lowest BCUT2D eigenvalue weighted by molar-refractivity contribution is 0.568. The van der Waals surface area contributed by atoms with Gasteiger partial charge in [0.15, 0.2) is 5.82 Å². The van der Waals surface area contributed by atoms with Gasteiger partial charge < -0.3 is 15.2 Å². The van der Waals surface area contributed by atoms with Crippen molar-refractivity contribution in [3.63, 3.8) is 0 Å². The second kappa shape index (κ2) is 6.84. The fourth-order valence-electron chi connectivity index (χ4n) is 4.41. The highest BCUT2D eigenvalue weighted by molar-refractivity contribution is 5.83. The molecule has 5 heteroatoms. The summed E-state index contributed by atoms with van der Waals surface area (Å²) in [5, 5.41) is 3.48. The number of rotatable bonds is 3. The first-order valence-electron chi connectivity index (χ1n) is 10.8. The number of fused-ring (bicyclic) bond motifs is 2. The van der Waals surface area contributed by atoms with Crippen LogP contribution >= 0.6 is 0 Å². The Morgan fingerprint density at radius 3 is 2.65 bits per heavy atom. The first-order chi connectivity index (χ1) is 14.7. The van der Waals surface area contributed by atoms with E-state index in [4.69, 9.17) is 9.97 Å². The lowest BCUT2D eigenvalue weighted by Crippen LogP contribution is -2.26. The fourth-order valence-corrected chi connectivity index (χ4v) is 4.41. The molecule has 1 aliphatic rings. The summed E-state index contributed by atoms with van der Waals surface area (Å²) in [7, 11) is 0. The molecule has 31 heavy (non-hydrogen) atoms. The van der Waals surface area contributed by atoms with Crippen LogP contribution in [-0.4, -0.2) is 21.5 Å². The second-order valence-corrected chi connectivity index (χ2v) is 10.1. The van der Waals surface area contributed by atoms with Gasteiger partial charge in [0.2, 0.25) is 5.95 Å². The predicted molar refractivity (Wildman–Crippen MR) is 129 cm³/mol. The van der Waals surface area contributed by atoms with Crippen molar-refractivity contribution in [2.24, 2.45) is 0 Å². The Bertz CT molecular complexity index is 1260. The molecular weight excluding hydrogens is 382 g/mol. The van der Waals surface area contributed by atoms with Gasteiger partial charge in [0.1, 0.15) is 0 Å². The van der Waals surface area contributed by atoms with Crippen LogP contribution in [0.1, 0.15) is 45.7 Å². The number of imidazole rings is 1. The van der Waals surface area contributed by atoms with Crippen molar-refractivity contribution in [3.8, 4) is 0 Å². The standard InChI is InChI=1S/C26H29N5/c1-25(2,3)17-12-13-19-21(15-17)30-24(28-19)29-20-10-8-14-27-23(20)31-16-26(4,5)18-9-6-7-11-22(18)31/h6-15H,16H2,1-5H3,(H2,28,29,30). The van der Waals surface area contributed by atoms with Gasteiger partial charge in [0.25, 0.3) is 0 Å². The number of aromatic nitrogens is 3. The number of hydrogen-bond acceptors (Lipinski definition) is 4. The summed E-state index contributed by atoms with van der Waals surface area (Å²) in [4.78, 5) is 15.2. The Hall–Kier alpha value is -3.34. The number of anilines is 4. The predicted octanol–water partition coefficient (Wildman–Crippen LogP) is 6.43. The Morgan fingerprint density at radius 2 is 1.84 bits per heavy atom. The van der Waals surface area contributed by atoms with Crippen molar-refractivity contribution >= 4 is 34.2 Å². The van der Waals surface area contributed by atoms with Crippen LogP contribution in [0.4, 0.5) is 23.1 Å². The van der Waals surface area contributed by atoms with Crippen LogP contribution in [-0.2, 0) is 10.8 Å². The molecule has 1 aliphatic heterocycles. The van der Waals surface area contributed by atoms with Crippen molar-refractivity contribution in [3.05, 3.63) is 71.9 Å². The number of benzene rings is 2. The molecule has 4 aromatic rings. The molecule has 2 aromatic carbocycles. The Kier molecular flexibility index (Phi) is 4.33. The summed E-state index contributed by atoms with van der Waals surface area (Å²) in [6.45, 7) is 12.1. The topological polar surface area (TPSA) is 56.8 Å². The molecule has 2 aromatic heterocycles. The summed E-state index contributed by atoms with van der Waals surface area (Å²) >= 11 is 0. The summed E-state index contributed by atoms with van der Waals surface area (Å²) in [5.41, 5.74) is 6.94. The summed E-state index contributed by atoms with van der Waals surface area (Å²) in [6.07, 6.45) is 1.85. The third-order valence-corrected chi connectivity index (χ3v) is 6.12. The van der Waals surface area contributed by atoms with E-state index < -0.39 is 0 Å². The number of nitrogens with one attached hydrogen (secondary N) is 2. The van der Waals surface area contributed by atoms with Gasteiger partial charge in [-0.2, -0.15) is 0 Å². The quantitative estimate of drug-likeness (QED) is 0.408. The Balaban J connectivity index is 1.51. The molecule has 0 atom stereocenters. The molecule has 0 saturated carbocycles. The largest absolute Gasteiger partial charge is 0.324 e. The molecule has 0 unspecified atom stereocenters. The SMILES string of the molecule is CC(C)(C)c1ccc2nc(Nc3cccnc3N3CC(C)(C)c4ccccc43)[nH]c2c1. The maximum atomic E-state index is 4.76. The zero-order valence-electron chi connectivity index (χ0n) is 18.8. The first kappa shape index (κ1) is 19.6. The van der Waals surface area contributed by atoms with E-state index in [1.54, 1.807) is 0 Å². The minimum atomic E-state index is 0.0636. The van der Waals surface area contributed by atoms with Crippen molar-refractivity contribution in [2.75, 3.05) is 16.8 Å². The van der Waals surface area contributed by atoms with E-state index in [2.05, 4.69) is 98.4 Å². The van der Waals surface area contributed by atoms with Gasteiger partial charge in [-0.15, -0.1) is 0 Å². The monoisotopic (exact) mass is 411 g/mol. The van der Waals surface area contributed by atoms with Gasteiger partial charge in [-0.1, -0.05) is 58.9 Å². The average Bonchev–Trinajstić information content (AvgIpc) is 3.25. The van der Waals surface area contributed by atoms with Crippen LogP contribution < -0.4 is 10.2 Å². The summed E-state index contributed by atoms with van der Waals surface area (Å²) in [6, 6.07) is 19.1. The van der Waals surface area contributed by atoms with Crippen molar-refractivity contribution in [1.82, 2.24) is 15.0 Å². The van der Waals surface area contributed by atoms with Gasteiger partial charge in [-0.25, -0.2) is 9.97 Å². The number of nitrogens with zero attached hydrogens (tertiary/aromatic N) is 3. The molecule has 3 heterocycles. The van der Waals surface area contributed by atoms with Crippen molar-refractivity contribution < 1.29 is 0 Å². The number of para-hydroxylation sites is 1. The molecule has 0 bridgehead atoms. The average molecular weight is 412 g/mol. The molecule has 158 valence electrons. The maximum Gasteiger partial charge on any atom is 0.205 e. The first-order valence-corrected chi connectivity index (χ1v) is 10.8. The van der Waals surface area contributed by atoms with Crippen LogP contribution in [0.3, 0.4) is 0 Å². The van der Waals surface area contributed by atoms with E-state index in [1.165, 1.54) is 16.8 Å². The Labute approximate surface area is 183 Å². The van der Waals surface area contributed by atoms with Crippen LogP contribution in [0.5, 0.6) is 0 Å². The lowest BCUT2D eigenvalue weighted by atomic mass is 9.87. The van der Waals surface area contributed by atoms with E-state index in [1.807, 2.05) is 12.3 Å². The maximum absolute atomic E-state index is 4.76. The minimum absolute atomic E-state index is 0.0636. The van der Waals surface area contributed by atoms with Gasteiger partial charge in [-0.3, -0.25) is 0 Å². The normalized spacial score (nSPS) is 15.3. The van der Waals surface area contributed by atoms with E-state index in [0.29, 0.717) is 0 Å². The van der Waals surface area contributed by atoms with Gasteiger partial charge in [0.05, 0.1) is 16.7 Å². The second-order valence-electron chi connectivity index (χ2n) is 10.1. The van der Waals surface area contributed by atoms with E-state index >= 15 is 0 Å². The van der Waals surface area contributed by atoms with Crippen LogP contribution in [0.2, 0.25) is 0 Å². The third kappa shape index (κ3) is 3.44. The minimum Gasteiger partial charge on any atom is -0.324 e. The molecule has 0 fully saturated rings. The van der Waals surface area contributed by atoms with E-state index in [0.717, 1.165) is 35.0 Å². The Morgan fingerprint density at radius 1 is 1.03 bits per heavy atom. The highest BCUT2D eigenvalue weighted by atomic mass is 15.2. The molecule has 0 aliphatic carbocycles. The number of pyridine rings is 1. The lowest BCUT2D eigenvalue weighted by Gasteiger charge is -2.23. The molecule has 0 amide bonds. The molecule has 2 N–H and O–H groups in total. The van der Waals surface area contributed by atoms with Crippen molar-refractivity contribution in [2.45, 2.75) is 45.4 Å². The third-order valence-electron chi connectivity index (χ3n) is 6.12. The van der Waals surface area contributed by atoms with Crippen LogP contribution in [0.25, 0.3) is 11.0 Å². The van der Waals surface area contributed by atoms with Crippen molar-refractivity contribution in [1.29, 1.82) is 0 Å². The smallest absolute Gasteiger partial charge is 0.205 e. The number of aromatic amines is 1. The van der Waals surface area contributed by atoms with Gasteiger partial charge >= 0.3 is 0 Å². The number of H-pyrrole nitrogens is 1. The molecule has 0 saturated heterocycles. The van der Waals surface area contributed by atoms with E-state index in [-0.39, 0.29) is 10.8 Å². The van der Waals surface area contributed by atoms with Crippen LogP contribution in [0.15, 0.2) is 60.8 Å². The highest BCUT2D eigenvalue weighted by Gasteiger charge is 2.36. The summed E-state index contributed by atoms with van der Waals surface area (Å²) < 4.78 is 0. The molecular formula is C26H29N5. The molecule has 0 radical (unpaired) electrons. The van der Waals surface area contributed by atoms with E-state index in [9.17, 15) is 0 Å². The molecule has 5 nitrogen and oxygen atoms in total. The van der Waals surface area contributed by atoms with Gasteiger partial charge in [-0.05, 0) is 46.9 Å².